The molecule has 0 spiro atoms. The molecule has 6 nitrogen and oxygen atoms in total. The summed E-state index contributed by atoms with van der Waals surface area (Å²) in [6, 6.07) is 2.72. The second-order valence-electron chi connectivity index (χ2n) is 2.61. The van der Waals surface area contributed by atoms with Crippen LogP contribution in [0.15, 0.2) is 16.9 Å². The number of aromatic amines is 1. The fourth-order valence-corrected chi connectivity index (χ4v) is 0.812. The number of hydrogen-bond donors (Lipinski definition) is 2. The lowest BCUT2D eigenvalue weighted by molar-refractivity contribution is -0.137. The zero-order valence-electron chi connectivity index (χ0n) is 7.40. The van der Waals surface area contributed by atoms with Crippen LogP contribution in [0.2, 0.25) is 0 Å². The van der Waals surface area contributed by atoms with Gasteiger partial charge in [-0.25, -0.2) is 5.10 Å². The van der Waals surface area contributed by atoms with Gasteiger partial charge in [0.25, 0.3) is 5.56 Å². The van der Waals surface area contributed by atoms with Crippen LogP contribution >= 0.6 is 0 Å². The van der Waals surface area contributed by atoms with Gasteiger partial charge in [0.05, 0.1) is 6.61 Å². The van der Waals surface area contributed by atoms with E-state index in [1.54, 1.807) is 0 Å². The lowest BCUT2D eigenvalue weighted by Gasteiger charge is -2.01. The monoisotopic (exact) mass is 198 g/mol. The first-order valence-corrected chi connectivity index (χ1v) is 4.09. The van der Waals surface area contributed by atoms with E-state index < -0.39 is 5.97 Å². The normalized spacial score (nSPS) is 9.71. The highest BCUT2D eigenvalue weighted by Crippen LogP contribution is 2.01. The summed E-state index contributed by atoms with van der Waals surface area (Å²) >= 11 is 0. The molecule has 0 atom stereocenters. The highest BCUT2D eigenvalue weighted by molar-refractivity contribution is 5.66. The van der Waals surface area contributed by atoms with Crippen molar-refractivity contribution in [3.8, 4) is 5.88 Å². The zero-order valence-corrected chi connectivity index (χ0v) is 7.40. The van der Waals surface area contributed by atoms with Gasteiger partial charge in [-0.05, 0) is 6.42 Å². The van der Waals surface area contributed by atoms with Crippen molar-refractivity contribution in [1.29, 1.82) is 0 Å². The number of carboxylic acids is 1. The first-order valence-electron chi connectivity index (χ1n) is 4.09. The summed E-state index contributed by atoms with van der Waals surface area (Å²) in [4.78, 5) is 20.7. The molecule has 0 aliphatic heterocycles. The van der Waals surface area contributed by atoms with Crippen LogP contribution in [0.1, 0.15) is 12.8 Å². The molecule has 0 amide bonds. The van der Waals surface area contributed by atoms with Crippen LogP contribution in [0.5, 0.6) is 5.88 Å². The third-order valence-corrected chi connectivity index (χ3v) is 1.44. The minimum atomic E-state index is -0.858. The highest BCUT2D eigenvalue weighted by Gasteiger charge is 1.98. The van der Waals surface area contributed by atoms with Crippen molar-refractivity contribution >= 4 is 5.97 Å². The number of H-pyrrole nitrogens is 1. The summed E-state index contributed by atoms with van der Waals surface area (Å²) < 4.78 is 5.07. The van der Waals surface area contributed by atoms with Gasteiger partial charge in [-0.1, -0.05) is 0 Å². The van der Waals surface area contributed by atoms with Crippen molar-refractivity contribution in [1.82, 2.24) is 10.2 Å². The molecule has 6 heteroatoms. The van der Waals surface area contributed by atoms with E-state index in [0.29, 0.717) is 6.42 Å². The predicted octanol–water partition coefficient (Wildman–Crippen LogP) is 0.0135. The number of ether oxygens (including phenoxy) is 1. The zero-order chi connectivity index (χ0) is 10.4. The topological polar surface area (TPSA) is 92.3 Å². The molecule has 0 fully saturated rings. The number of nitrogens with zero attached hydrogens (tertiary/aromatic N) is 1. The first-order chi connectivity index (χ1) is 6.68. The Bertz CT molecular complexity index is 340. The van der Waals surface area contributed by atoms with Crippen molar-refractivity contribution in [3.63, 3.8) is 0 Å². The molecular weight excluding hydrogens is 188 g/mol. The Morgan fingerprint density at radius 2 is 2.36 bits per heavy atom. The fraction of sp³-hybridized carbons (Fsp3) is 0.375. The Morgan fingerprint density at radius 3 is 2.93 bits per heavy atom. The van der Waals surface area contributed by atoms with Gasteiger partial charge in [0.2, 0.25) is 5.88 Å². The van der Waals surface area contributed by atoms with Gasteiger partial charge < -0.3 is 9.84 Å². The largest absolute Gasteiger partial charge is 0.481 e. The Labute approximate surface area is 79.5 Å². The van der Waals surface area contributed by atoms with Gasteiger partial charge >= 0.3 is 5.97 Å². The summed E-state index contributed by atoms with van der Waals surface area (Å²) in [6.45, 7) is 0.269. The van der Waals surface area contributed by atoms with Crippen molar-refractivity contribution < 1.29 is 14.6 Å². The Hall–Kier alpha value is -1.85. The Kier molecular flexibility index (Phi) is 3.66. The molecule has 1 aromatic rings. The molecular formula is C8H10N2O4. The minimum Gasteiger partial charge on any atom is -0.481 e. The summed E-state index contributed by atoms with van der Waals surface area (Å²) in [5.41, 5.74) is -0.303. The van der Waals surface area contributed by atoms with Crippen molar-refractivity contribution in [3.05, 3.63) is 22.5 Å². The van der Waals surface area contributed by atoms with Crippen LogP contribution in [-0.4, -0.2) is 27.9 Å². The molecule has 1 aromatic heterocycles. The molecule has 0 saturated heterocycles. The van der Waals surface area contributed by atoms with Crippen LogP contribution in [0, 0.1) is 0 Å². The second-order valence-corrected chi connectivity index (χ2v) is 2.61. The number of carbonyl (C=O) groups is 1. The summed E-state index contributed by atoms with van der Waals surface area (Å²) in [5, 5.41) is 14.1. The number of hydrogen-bond acceptors (Lipinski definition) is 4. The van der Waals surface area contributed by atoms with Crippen LogP contribution in [0.3, 0.4) is 0 Å². The number of aliphatic carboxylic acids is 1. The maximum Gasteiger partial charge on any atom is 0.303 e. The number of carboxylic acid groups (broad SMARTS) is 1. The molecule has 1 heterocycles. The lowest BCUT2D eigenvalue weighted by atomic mass is 10.3. The van der Waals surface area contributed by atoms with Gasteiger partial charge in [-0.15, -0.1) is 5.10 Å². The van der Waals surface area contributed by atoms with Gasteiger partial charge in [0, 0.05) is 18.6 Å². The van der Waals surface area contributed by atoms with Crippen molar-refractivity contribution in [2.45, 2.75) is 12.8 Å². The van der Waals surface area contributed by atoms with E-state index in [4.69, 9.17) is 9.84 Å². The molecule has 0 unspecified atom stereocenters. The molecule has 0 aromatic carbocycles. The van der Waals surface area contributed by atoms with E-state index >= 15 is 0 Å². The Balaban J connectivity index is 2.28. The van der Waals surface area contributed by atoms with Gasteiger partial charge in [-0.2, -0.15) is 0 Å². The third kappa shape index (κ3) is 3.70. The standard InChI is InChI=1S/C8H10N2O4/c11-6-3-4-7(10-9-6)14-5-1-2-8(12)13/h3-4H,1-2,5H2,(H,9,11)(H,12,13). The van der Waals surface area contributed by atoms with Crippen LogP contribution in [0.25, 0.3) is 0 Å². The second kappa shape index (κ2) is 5.00. The van der Waals surface area contributed by atoms with E-state index in [-0.39, 0.29) is 24.5 Å². The highest BCUT2D eigenvalue weighted by atomic mass is 16.5. The van der Waals surface area contributed by atoms with Gasteiger partial charge in [0.1, 0.15) is 0 Å². The average Bonchev–Trinajstić information content (AvgIpc) is 2.15. The number of aromatic nitrogens is 2. The summed E-state index contributed by atoms with van der Waals surface area (Å²) in [6.07, 6.45) is 0.472. The summed E-state index contributed by atoms with van der Waals surface area (Å²) in [7, 11) is 0. The third-order valence-electron chi connectivity index (χ3n) is 1.44. The minimum absolute atomic E-state index is 0.0589. The molecule has 2 N–H and O–H groups in total. The van der Waals surface area contributed by atoms with E-state index in [2.05, 4.69) is 10.2 Å². The SMILES string of the molecule is O=C(O)CCCOc1ccc(=O)[nH]n1. The van der Waals surface area contributed by atoms with E-state index in [0.717, 1.165) is 0 Å². The smallest absolute Gasteiger partial charge is 0.303 e. The van der Waals surface area contributed by atoms with Crippen molar-refractivity contribution in [2.75, 3.05) is 6.61 Å². The van der Waals surface area contributed by atoms with Crippen LogP contribution in [0.4, 0.5) is 0 Å². The van der Waals surface area contributed by atoms with Crippen LogP contribution < -0.4 is 10.3 Å². The number of rotatable bonds is 5. The molecule has 1 rings (SSSR count). The van der Waals surface area contributed by atoms with Crippen molar-refractivity contribution in [2.24, 2.45) is 0 Å². The first kappa shape index (κ1) is 10.2. The van der Waals surface area contributed by atoms with Gasteiger partial charge in [0.15, 0.2) is 0 Å². The molecule has 0 radical (unpaired) electrons. The van der Waals surface area contributed by atoms with Crippen LogP contribution in [-0.2, 0) is 4.79 Å². The number of nitrogens with one attached hydrogen (secondary N) is 1. The lowest BCUT2D eigenvalue weighted by Crippen LogP contribution is -2.08. The van der Waals surface area contributed by atoms with E-state index in [1.165, 1.54) is 12.1 Å². The molecule has 14 heavy (non-hydrogen) atoms. The maximum atomic E-state index is 10.6. The molecule has 0 saturated carbocycles. The van der Waals surface area contributed by atoms with E-state index in [1.807, 2.05) is 0 Å². The average molecular weight is 198 g/mol. The maximum absolute atomic E-state index is 10.6. The predicted molar refractivity (Wildman–Crippen MR) is 47.2 cm³/mol. The fourth-order valence-electron chi connectivity index (χ4n) is 0.812. The summed E-state index contributed by atoms with van der Waals surface area (Å²) in [5.74, 6) is -0.571. The molecule has 76 valence electrons. The molecule has 0 aliphatic carbocycles. The van der Waals surface area contributed by atoms with Gasteiger partial charge in [-0.3, -0.25) is 9.59 Å². The molecule has 0 aliphatic rings. The Morgan fingerprint density at radius 1 is 1.57 bits per heavy atom. The quantitative estimate of drug-likeness (QED) is 0.650. The molecule has 0 bridgehead atoms. The van der Waals surface area contributed by atoms with E-state index in [9.17, 15) is 9.59 Å².